The molecule has 1 aliphatic rings. The van der Waals surface area contributed by atoms with Gasteiger partial charge in [-0.15, -0.1) is 0 Å². The van der Waals surface area contributed by atoms with Gasteiger partial charge in [-0.1, -0.05) is 41.6 Å². The van der Waals surface area contributed by atoms with Crippen LogP contribution in [0.5, 0.6) is 0 Å². The van der Waals surface area contributed by atoms with Gasteiger partial charge in [-0.25, -0.2) is 4.79 Å². The van der Waals surface area contributed by atoms with Crippen LogP contribution in [0.15, 0.2) is 65.2 Å². The van der Waals surface area contributed by atoms with Crippen molar-refractivity contribution in [3.05, 3.63) is 71.9 Å². The summed E-state index contributed by atoms with van der Waals surface area (Å²) < 4.78 is 5.33. The van der Waals surface area contributed by atoms with Gasteiger partial charge in [0.1, 0.15) is 5.69 Å². The number of nitrogens with one attached hydrogen (secondary N) is 2. The molecule has 0 unspecified atom stereocenters. The molecule has 0 spiro atoms. The van der Waals surface area contributed by atoms with Gasteiger partial charge in [-0.05, 0) is 18.2 Å². The van der Waals surface area contributed by atoms with Crippen LogP contribution < -0.4 is 15.5 Å². The molecular weight excluding hydrogens is 344 g/mol. The van der Waals surface area contributed by atoms with Crippen molar-refractivity contribution in [2.75, 3.05) is 18.0 Å². The van der Waals surface area contributed by atoms with E-state index in [0.29, 0.717) is 35.8 Å². The zero-order chi connectivity index (χ0) is 18.6. The maximum atomic E-state index is 12.5. The lowest BCUT2D eigenvalue weighted by Gasteiger charge is -2.15. The lowest BCUT2D eigenvalue weighted by atomic mass is 10.1. The van der Waals surface area contributed by atoms with Crippen LogP contribution in [0.4, 0.5) is 10.5 Å². The first kappa shape index (κ1) is 16.8. The summed E-state index contributed by atoms with van der Waals surface area (Å²) in [5, 5.41) is 9.57. The van der Waals surface area contributed by atoms with E-state index in [1.54, 1.807) is 29.2 Å². The second-order valence-corrected chi connectivity index (χ2v) is 6.17. The molecule has 1 aromatic heterocycles. The van der Waals surface area contributed by atoms with Crippen molar-refractivity contribution >= 4 is 17.6 Å². The molecule has 0 bridgehead atoms. The van der Waals surface area contributed by atoms with Crippen LogP contribution in [0.2, 0.25) is 0 Å². The summed E-state index contributed by atoms with van der Waals surface area (Å²) in [5.41, 5.74) is 2.75. The third-order valence-electron chi connectivity index (χ3n) is 4.32. The van der Waals surface area contributed by atoms with Crippen molar-refractivity contribution < 1.29 is 14.1 Å². The van der Waals surface area contributed by atoms with Crippen molar-refractivity contribution in [3.63, 3.8) is 0 Å². The molecule has 7 nitrogen and oxygen atoms in total. The Kier molecular flexibility index (Phi) is 4.57. The third-order valence-corrected chi connectivity index (χ3v) is 4.32. The van der Waals surface area contributed by atoms with Crippen LogP contribution >= 0.6 is 0 Å². The Bertz CT molecular complexity index is 968. The largest absolute Gasteiger partial charge is 0.356 e. The Balaban J connectivity index is 1.41. The topological polar surface area (TPSA) is 87.5 Å². The quantitative estimate of drug-likeness (QED) is 0.731. The lowest BCUT2D eigenvalue weighted by Crippen LogP contribution is -2.28. The highest BCUT2D eigenvalue weighted by Gasteiger charge is 2.21. The minimum atomic E-state index is -0.235. The second-order valence-electron chi connectivity index (χ2n) is 6.17. The number of carbonyl (C=O) groups is 2. The van der Waals surface area contributed by atoms with Gasteiger partial charge in [0.05, 0.1) is 6.54 Å². The maximum Gasteiger partial charge on any atom is 0.321 e. The SMILES string of the molecule is O=C(NCc1cc(-c2ccccc2)on1)c1cccc(N2CCNC2=O)c1. The molecule has 2 N–H and O–H groups in total. The van der Waals surface area contributed by atoms with Gasteiger partial charge in [0.25, 0.3) is 5.91 Å². The highest BCUT2D eigenvalue weighted by Crippen LogP contribution is 2.20. The predicted molar refractivity (Wildman–Crippen MR) is 100 cm³/mol. The van der Waals surface area contributed by atoms with Gasteiger partial charge in [0, 0.05) is 36.0 Å². The van der Waals surface area contributed by atoms with Crippen molar-refractivity contribution in [1.29, 1.82) is 0 Å². The van der Waals surface area contributed by atoms with E-state index in [-0.39, 0.29) is 18.5 Å². The minimum absolute atomic E-state index is 0.149. The first-order chi connectivity index (χ1) is 13.2. The fourth-order valence-corrected chi connectivity index (χ4v) is 2.94. The van der Waals surface area contributed by atoms with E-state index in [4.69, 9.17) is 4.52 Å². The molecule has 0 aliphatic carbocycles. The summed E-state index contributed by atoms with van der Waals surface area (Å²) in [6.45, 7) is 1.44. The molecule has 27 heavy (non-hydrogen) atoms. The molecule has 1 fully saturated rings. The van der Waals surface area contributed by atoms with Crippen LogP contribution in [-0.4, -0.2) is 30.2 Å². The monoisotopic (exact) mass is 362 g/mol. The molecule has 0 atom stereocenters. The summed E-state index contributed by atoms with van der Waals surface area (Å²) in [4.78, 5) is 25.8. The number of benzene rings is 2. The predicted octanol–water partition coefficient (Wildman–Crippen LogP) is 2.80. The Morgan fingerprint density at radius 3 is 2.78 bits per heavy atom. The normalized spacial score (nSPS) is 13.5. The lowest BCUT2D eigenvalue weighted by molar-refractivity contribution is 0.0950. The van der Waals surface area contributed by atoms with E-state index in [0.717, 1.165) is 5.56 Å². The molecule has 0 radical (unpaired) electrons. The van der Waals surface area contributed by atoms with Gasteiger partial charge in [-0.2, -0.15) is 0 Å². The average Bonchev–Trinajstić information content (AvgIpc) is 3.36. The van der Waals surface area contributed by atoms with E-state index in [2.05, 4.69) is 15.8 Å². The number of nitrogens with zero attached hydrogens (tertiary/aromatic N) is 2. The number of urea groups is 1. The molecule has 7 heteroatoms. The number of carbonyl (C=O) groups excluding carboxylic acids is 2. The third kappa shape index (κ3) is 3.67. The molecule has 2 heterocycles. The van der Waals surface area contributed by atoms with E-state index in [1.165, 1.54) is 0 Å². The van der Waals surface area contributed by atoms with Gasteiger partial charge in [-0.3, -0.25) is 9.69 Å². The van der Waals surface area contributed by atoms with E-state index in [1.807, 2.05) is 36.4 Å². The number of rotatable bonds is 5. The highest BCUT2D eigenvalue weighted by molar-refractivity contribution is 5.98. The van der Waals surface area contributed by atoms with E-state index < -0.39 is 0 Å². The average molecular weight is 362 g/mol. The van der Waals surface area contributed by atoms with Crippen molar-refractivity contribution in [2.45, 2.75) is 6.54 Å². The van der Waals surface area contributed by atoms with Crippen LogP contribution in [0.3, 0.4) is 0 Å². The number of amides is 3. The number of aromatic nitrogens is 1. The number of hydrogen-bond acceptors (Lipinski definition) is 4. The molecule has 1 saturated heterocycles. The summed E-state index contributed by atoms with van der Waals surface area (Å²) in [6, 6.07) is 18.3. The van der Waals surface area contributed by atoms with Crippen molar-refractivity contribution in [2.24, 2.45) is 0 Å². The van der Waals surface area contributed by atoms with Crippen LogP contribution in [0, 0.1) is 0 Å². The Morgan fingerprint density at radius 2 is 2.00 bits per heavy atom. The molecule has 3 amide bonds. The highest BCUT2D eigenvalue weighted by atomic mass is 16.5. The Labute approximate surface area is 156 Å². The van der Waals surface area contributed by atoms with Gasteiger partial charge in [0.15, 0.2) is 5.76 Å². The Hall–Kier alpha value is -3.61. The smallest absolute Gasteiger partial charge is 0.321 e. The summed E-state index contributed by atoms with van der Waals surface area (Å²) in [6.07, 6.45) is 0. The summed E-state index contributed by atoms with van der Waals surface area (Å²) in [5.74, 6) is 0.419. The van der Waals surface area contributed by atoms with Crippen molar-refractivity contribution in [3.8, 4) is 11.3 Å². The van der Waals surface area contributed by atoms with Crippen LogP contribution in [-0.2, 0) is 6.54 Å². The van der Waals surface area contributed by atoms with Crippen LogP contribution in [0.1, 0.15) is 16.1 Å². The minimum Gasteiger partial charge on any atom is -0.356 e. The molecule has 4 rings (SSSR count). The fraction of sp³-hybridized carbons (Fsp3) is 0.150. The first-order valence-electron chi connectivity index (χ1n) is 8.65. The van der Waals surface area contributed by atoms with E-state index >= 15 is 0 Å². The first-order valence-corrected chi connectivity index (χ1v) is 8.65. The molecule has 2 aromatic carbocycles. The molecular formula is C20H18N4O3. The Morgan fingerprint density at radius 1 is 1.15 bits per heavy atom. The van der Waals surface area contributed by atoms with Crippen LogP contribution in [0.25, 0.3) is 11.3 Å². The maximum absolute atomic E-state index is 12.5. The summed E-state index contributed by atoms with van der Waals surface area (Å²) in [7, 11) is 0. The second kappa shape index (κ2) is 7.33. The molecule has 1 aliphatic heterocycles. The summed E-state index contributed by atoms with van der Waals surface area (Å²) >= 11 is 0. The molecule has 136 valence electrons. The zero-order valence-corrected chi connectivity index (χ0v) is 14.5. The number of anilines is 1. The number of hydrogen-bond donors (Lipinski definition) is 2. The van der Waals surface area contributed by atoms with Gasteiger partial charge < -0.3 is 15.2 Å². The molecule has 0 saturated carbocycles. The molecule has 3 aromatic rings. The van der Waals surface area contributed by atoms with Gasteiger partial charge in [0.2, 0.25) is 0 Å². The zero-order valence-electron chi connectivity index (χ0n) is 14.5. The van der Waals surface area contributed by atoms with Gasteiger partial charge >= 0.3 is 6.03 Å². The fourth-order valence-electron chi connectivity index (χ4n) is 2.94. The standard InChI is InChI=1S/C20H18N4O3/c25-19(15-7-4-8-17(11-15)24-10-9-21-20(24)26)22-13-16-12-18(27-23-16)14-5-2-1-3-6-14/h1-8,11-12H,9-10,13H2,(H,21,26)(H,22,25). The van der Waals surface area contributed by atoms with E-state index in [9.17, 15) is 9.59 Å². The van der Waals surface area contributed by atoms with Crippen molar-refractivity contribution in [1.82, 2.24) is 15.8 Å².